The number of ether oxygens (including phenoxy) is 2. The number of hydrogen-bond acceptors (Lipinski definition) is 5. The van der Waals surface area contributed by atoms with E-state index >= 15 is 0 Å². The Morgan fingerprint density at radius 2 is 2.35 bits per heavy atom. The SMILES string of the molecule is c1csc(CCCc2ncnn2C[C@@H]2COCCO2)c1. The lowest BCUT2D eigenvalue weighted by Crippen LogP contribution is -2.33. The molecular formula is C14H19N3O2S. The fourth-order valence-corrected chi connectivity index (χ4v) is 3.10. The number of nitrogens with zero attached hydrogens (tertiary/aromatic N) is 3. The first kappa shape index (κ1) is 13.7. The Morgan fingerprint density at radius 1 is 1.35 bits per heavy atom. The maximum absolute atomic E-state index is 5.66. The molecule has 1 fully saturated rings. The lowest BCUT2D eigenvalue weighted by atomic mass is 10.2. The molecule has 2 aromatic heterocycles. The van der Waals surface area contributed by atoms with Crippen molar-refractivity contribution in [2.75, 3.05) is 19.8 Å². The maximum atomic E-state index is 5.66. The van der Waals surface area contributed by atoms with Gasteiger partial charge < -0.3 is 9.47 Å². The van der Waals surface area contributed by atoms with Crippen LogP contribution in [0.2, 0.25) is 0 Å². The van der Waals surface area contributed by atoms with Gasteiger partial charge in [-0.1, -0.05) is 6.07 Å². The normalized spacial score (nSPS) is 19.3. The minimum Gasteiger partial charge on any atom is -0.376 e. The minimum atomic E-state index is 0.0986. The van der Waals surface area contributed by atoms with Crippen LogP contribution in [0.4, 0.5) is 0 Å². The molecule has 1 saturated heterocycles. The molecule has 0 amide bonds. The van der Waals surface area contributed by atoms with Gasteiger partial charge in [-0.25, -0.2) is 9.67 Å². The molecule has 0 aliphatic carbocycles. The highest BCUT2D eigenvalue weighted by molar-refractivity contribution is 7.09. The van der Waals surface area contributed by atoms with Gasteiger partial charge in [0.15, 0.2) is 0 Å². The van der Waals surface area contributed by atoms with Crippen molar-refractivity contribution in [3.05, 3.63) is 34.5 Å². The van der Waals surface area contributed by atoms with E-state index in [1.54, 1.807) is 6.33 Å². The molecule has 1 atom stereocenters. The molecule has 1 aliphatic rings. The first-order valence-corrected chi connectivity index (χ1v) is 7.88. The summed E-state index contributed by atoms with van der Waals surface area (Å²) in [4.78, 5) is 5.79. The summed E-state index contributed by atoms with van der Waals surface area (Å²) in [5, 5.41) is 6.42. The molecule has 1 aliphatic heterocycles. The second-order valence-corrected chi connectivity index (χ2v) is 5.89. The van der Waals surface area contributed by atoms with Crippen LogP contribution < -0.4 is 0 Å². The summed E-state index contributed by atoms with van der Waals surface area (Å²) in [6.45, 7) is 2.75. The Kier molecular flexibility index (Phi) is 4.78. The van der Waals surface area contributed by atoms with Gasteiger partial charge in [0.05, 0.1) is 26.4 Å². The standard InChI is InChI=1S/C14H19N3O2S/c1(3-13-4-2-8-20-13)5-14-15-11-16-17(14)9-12-10-18-6-7-19-12/h2,4,8,11-12H,1,3,5-7,9-10H2/t12-/m1/s1. The van der Waals surface area contributed by atoms with Crippen molar-refractivity contribution in [3.63, 3.8) is 0 Å². The summed E-state index contributed by atoms with van der Waals surface area (Å²) in [6.07, 6.45) is 4.88. The average molecular weight is 293 g/mol. The molecule has 3 rings (SSSR count). The third kappa shape index (κ3) is 3.65. The molecule has 0 aromatic carbocycles. The average Bonchev–Trinajstić information content (AvgIpc) is 3.13. The molecule has 0 saturated carbocycles. The number of aromatic nitrogens is 3. The smallest absolute Gasteiger partial charge is 0.138 e. The maximum Gasteiger partial charge on any atom is 0.138 e. The summed E-state index contributed by atoms with van der Waals surface area (Å²) in [5.74, 6) is 1.04. The molecule has 5 nitrogen and oxygen atoms in total. The fraction of sp³-hybridized carbons (Fsp3) is 0.571. The lowest BCUT2D eigenvalue weighted by Gasteiger charge is -2.23. The Hall–Kier alpha value is -1.24. The van der Waals surface area contributed by atoms with Gasteiger partial charge in [-0.05, 0) is 24.3 Å². The monoisotopic (exact) mass is 293 g/mol. The van der Waals surface area contributed by atoms with Crippen LogP contribution in [0.25, 0.3) is 0 Å². The van der Waals surface area contributed by atoms with Crippen molar-refractivity contribution in [1.29, 1.82) is 0 Å². The molecule has 3 heterocycles. The van der Waals surface area contributed by atoms with Gasteiger partial charge in [0, 0.05) is 11.3 Å². The molecule has 0 radical (unpaired) electrons. The highest BCUT2D eigenvalue weighted by Gasteiger charge is 2.17. The van der Waals surface area contributed by atoms with E-state index in [-0.39, 0.29) is 6.10 Å². The van der Waals surface area contributed by atoms with E-state index in [0.29, 0.717) is 19.8 Å². The molecule has 20 heavy (non-hydrogen) atoms. The van der Waals surface area contributed by atoms with Crippen LogP contribution in [0, 0.1) is 0 Å². The minimum absolute atomic E-state index is 0.0986. The van der Waals surface area contributed by atoms with Crippen molar-refractivity contribution >= 4 is 11.3 Å². The van der Waals surface area contributed by atoms with E-state index in [0.717, 1.165) is 31.6 Å². The summed E-state index contributed by atoms with van der Waals surface area (Å²) in [7, 11) is 0. The van der Waals surface area contributed by atoms with Gasteiger partial charge in [0.1, 0.15) is 18.3 Å². The van der Waals surface area contributed by atoms with Gasteiger partial charge >= 0.3 is 0 Å². The third-order valence-electron chi connectivity index (χ3n) is 3.36. The number of thiophene rings is 1. The highest BCUT2D eigenvalue weighted by Crippen LogP contribution is 2.13. The van der Waals surface area contributed by atoms with Crippen molar-refractivity contribution in [2.24, 2.45) is 0 Å². The second-order valence-electron chi connectivity index (χ2n) is 4.86. The molecule has 6 heteroatoms. The van der Waals surface area contributed by atoms with Crippen LogP contribution in [0.1, 0.15) is 17.1 Å². The van der Waals surface area contributed by atoms with E-state index in [9.17, 15) is 0 Å². The van der Waals surface area contributed by atoms with Crippen LogP contribution in [-0.4, -0.2) is 40.7 Å². The van der Waals surface area contributed by atoms with Crippen LogP contribution in [-0.2, 0) is 28.9 Å². The topological polar surface area (TPSA) is 49.2 Å². The third-order valence-corrected chi connectivity index (χ3v) is 4.30. The Bertz CT molecular complexity index is 506. The highest BCUT2D eigenvalue weighted by atomic mass is 32.1. The Labute approximate surface area is 122 Å². The summed E-state index contributed by atoms with van der Waals surface area (Å²) >= 11 is 1.81. The first-order chi connectivity index (χ1) is 9.92. The van der Waals surface area contributed by atoms with Gasteiger partial charge in [-0.2, -0.15) is 5.10 Å². The predicted molar refractivity (Wildman–Crippen MR) is 76.9 cm³/mol. The van der Waals surface area contributed by atoms with Crippen LogP contribution in [0.3, 0.4) is 0 Å². The lowest BCUT2D eigenvalue weighted by molar-refractivity contribution is -0.0949. The molecule has 108 valence electrons. The molecule has 0 N–H and O–H groups in total. The van der Waals surface area contributed by atoms with E-state index < -0.39 is 0 Å². The molecule has 0 spiro atoms. The summed E-state index contributed by atoms with van der Waals surface area (Å²) in [6, 6.07) is 4.28. The quantitative estimate of drug-likeness (QED) is 0.816. The van der Waals surface area contributed by atoms with Crippen molar-refractivity contribution < 1.29 is 9.47 Å². The van der Waals surface area contributed by atoms with Gasteiger partial charge in [-0.15, -0.1) is 11.3 Å². The number of aryl methyl sites for hydroxylation is 2. The van der Waals surface area contributed by atoms with Gasteiger partial charge in [0.25, 0.3) is 0 Å². The second kappa shape index (κ2) is 6.97. The number of hydrogen-bond donors (Lipinski definition) is 0. The van der Waals surface area contributed by atoms with E-state index in [2.05, 4.69) is 27.6 Å². The predicted octanol–water partition coefficient (Wildman–Crippen LogP) is 1.93. The Balaban J connectivity index is 1.50. The van der Waals surface area contributed by atoms with Crippen LogP contribution in [0.15, 0.2) is 23.8 Å². The van der Waals surface area contributed by atoms with Crippen molar-refractivity contribution in [3.8, 4) is 0 Å². The molecule has 0 unspecified atom stereocenters. The van der Waals surface area contributed by atoms with E-state index in [1.165, 1.54) is 4.88 Å². The number of rotatable bonds is 6. The summed E-state index contributed by atoms with van der Waals surface area (Å²) in [5.41, 5.74) is 0. The first-order valence-electron chi connectivity index (χ1n) is 7.00. The zero-order chi connectivity index (χ0) is 13.6. The largest absolute Gasteiger partial charge is 0.376 e. The van der Waals surface area contributed by atoms with Crippen molar-refractivity contribution in [1.82, 2.24) is 14.8 Å². The van der Waals surface area contributed by atoms with Crippen molar-refractivity contribution in [2.45, 2.75) is 31.9 Å². The molecule has 2 aromatic rings. The fourth-order valence-electron chi connectivity index (χ4n) is 2.34. The zero-order valence-electron chi connectivity index (χ0n) is 11.4. The van der Waals surface area contributed by atoms with E-state index in [1.807, 2.05) is 16.0 Å². The molecule has 0 bridgehead atoms. The van der Waals surface area contributed by atoms with Gasteiger partial charge in [0.2, 0.25) is 0 Å². The van der Waals surface area contributed by atoms with Crippen LogP contribution >= 0.6 is 11.3 Å². The summed E-state index contributed by atoms with van der Waals surface area (Å²) < 4.78 is 13.0. The molecular weight excluding hydrogens is 274 g/mol. The van der Waals surface area contributed by atoms with E-state index in [4.69, 9.17) is 9.47 Å². The zero-order valence-corrected chi connectivity index (χ0v) is 12.2. The van der Waals surface area contributed by atoms with Gasteiger partial charge in [-0.3, -0.25) is 0 Å². The van der Waals surface area contributed by atoms with Crippen LogP contribution in [0.5, 0.6) is 0 Å². The Morgan fingerprint density at radius 3 is 3.15 bits per heavy atom.